The van der Waals surface area contributed by atoms with Crippen LogP contribution in [-0.4, -0.2) is 50.4 Å². The summed E-state index contributed by atoms with van der Waals surface area (Å²) < 4.78 is 29.6. The number of carbonyl (C=O) groups excluding carboxylic acids is 2. The van der Waals surface area contributed by atoms with Crippen molar-refractivity contribution in [1.82, 2.24) is 4.31 Å². The first-order valence-electron chi connectivity index (χ1n) is 6.89. The molecule has 0 aromatic carbocycles. The Kier molecular flexibility index (Phi) is 4.20. The number of nitrogens with zero attached hydrogens (tertiary/aromatic N) is 1. The molecule has 0 aliphatic carbocycles. The molecular formula is C13H21NO5S. The average Bonchev–Trinajstić information content (AvgIpc) is 2.71. The number of piperidine rings is 1. The number of ether oxygens (including phenoxy) is 1. The van der Waals surface area contributed by atoms with Gasteiger partial charge in [0.1, 0.15) is 11.2 Å². The molecule has 2 atom stereocenters. The largest absolute Gasteiger partial charge is 0.465 e. The summed E-state index contributed by atoms with van der Waals surface area (Å²) in [5.74, 6) is -0.578. The Balaban J connectivity index is 2.12. The number of hydrogen-bond donors (Lipinski definition) is 0. The van der Waals surface area contributed by atoms with E-state index in [1.54, 1.807) is 0 Å². The highest BCUT2D eigenvalue weighted by molar-refractivity contribution is 7.88. The van der Waals surface area contributed by atoms with Crippen LogP contribution in [0.2, 0.25) is 0 Å². The van der Waals surface area contributed by atoms with Crippen molar-refractivity contribution < 1.29 is 22.7 Å². The number of carbonyl (C=O) groups is 2. The third-order valence-electron chi connectivity index (χ3n) is 4.41. The monoisotopic (exact) mass is 303 g/mol. The highest BCUT2D eigenvalue weighted by atomic mass is 32.2. The van der Waals surface area contributed by atoms with Crippen LogP contribution >= 0.6 is 0 Å². The zero-order valence-electron chi connectivity index (χ0n) is 11.9. The Labute approximate surface area is 119 Å². The highest BCUT2D eigenvalue weighted by Crippen LogP contribution is 2.40. The van der Waals surface area contributed by atoms with E-state index in [1.807, 2.05) is 0 Å². The molecular weight excluding hydrogens is 282 g/mol. The summed E-state index contributed by atoms with van der Waals surface area (Å²) in [5, 5.41) is 0. The average molecular weight is 303 g/mol. The summed E-state index contributed by atoms with van der Waals surface area (Å²) in [4.78, 5) is 23.8. The van der Waals surface area contributed by atoms with Gasteiger partial charge in [0.25, 0.3) is 0 Å². The second-order valence-electron chi connectivity index (χ2n) is 5.86. The second-order valence-corrected chi connectivity index (χ2v) is 7.84. The molecule has 2 saturated heterocycles. The fraction of sp³-hybridized carbons (Fsp3) is 0.846. The molecule has 2 unspecified atom stereocenters. The van der Waals surface area contributed by atoms with E-state index in [2.05, 4.69) is 0 Å². The van der Waals surface area contributed by atoms with Crippen molar-refractivity contribution in [3.05, 3.63) is 0 Å². The van der Waals surface area contributed by atoms with Gasteiger partial charge in [-0.1, -0.05) is 0 Å². The summed E-state index contributed by atoms with van der Waals surface area (Å²) >= 11 is 0. The van der Waals surface area contributed by atoms with E-state index in [0.717, 1.165) is 12.8 Å². The normalized spacial score (nSPS) is 32.1. The van der Waals surface area contributed by atoms with Crippen molar-refractivity contribution >= 4 is 21.8 Å². The lowest BCUT2D eigenvalue weighted by atomic mass is 9.73. The Morgan fingerprint density at radius 1 is 1.50 bits per heavy atom. The first kappa shape index (κ1) is 15.4. The molecule has 0 saturated carbocycles. The molecule has 0 radical (unpaired) electrons. The smallest absolute Gasteiger partial charge is 0.319 e. The number of cyclic esters (lactones) is 1. The van der Waals surface area contributed by atoms with Crippen molar-refractivity contribution in [3.63, 3.8) is 0 Å². The minimum atomic E-state index is -3.21. The molecule has 6 nitrogen and oxygen atoms in total. The van der Waals surface area contributed by atoms with E-state index < -0.39 is 21.4 Å². The maximum Gasteiger partial charge on any atom is 0.319 e. The standard InChI is InChI=1S/C13H21NO5S/c1-10(15)13(5-7-19-12(13)16)8-11-4-3-6-14(9-11)20(2,17)18/h11H,3-9H2,1-2H3. The minimum Gasteiger partial charge on any atom is -0.465 e. The van der Waals surface area contributed by atoms with Gasteiger partial charge in [0, 0.05) is 19.5 Å². The predicted octanol–water partition coefficient (Wildman–Crippen LogP) is 0.570. The number of hydrogen-bond acceptors (Lipinski definition) is 5. The van der Waals surface area contributed by atoms with Crippen LogP contribution < -0.4 is 0 Å². The van der Waals surface area contributed by atoms with Gasteiger partial charge in [0.2, 0.25) is 10.0 Å². The van der Waals surface area contributed by atoms with Crippen LogP contribution in [-0.2, 0) is 24.3 Å². The SMILES string of the molecule is CC(=O)C1(CC2CCCN(S(C)(=O)=O)C2)CCOC1=O. The number of rotatable bonds is 4. The van der Waals surface area contributed by atoms with Crippen LogP contribution in [0.4, 0.5) is 0 Å². The minimum absolute atomic E-state index is 0.0352. The first-order valence-corrected chi connectivity index (χ1v) is 8.74. The molecule has 2 aliphatic rings. The van der Waals surface area contributed by atoms with Crippen molar-refractivity contribution in [2.45, 2.75) is 32.6 Å². The van der Waals surface area contributed by atoms with Crippen LogP contribution in [0.3, 0.4) is 0 Å². The van der Waals surface area contributed by atoms with Crippen LogP contribution in [0.1, 0.15) is 32.6 Å². The Hall–Kier alpha value is -0.950. The summed E-state index contributed by atoms with van der Waals surface area (Å²) in [7, 11) is -3.21. The zero-order chi connectivity index (χ0) is 15.0. The van der Waals surface area contributed by atoms with Gasteiger partial charge >= 0.3 is 5.97 Å². The molecule has 0 spiro atoms. The van der Waals surface area contributed by atoms with Gasteiger partial charge in [-0.05, 0) is 32.1 Å². The molecule has 7 heteroatoms. The fourth-order valence-electron chi connectivity index (χ4n) is 3.19. The number of Topliss-reactive ketones (excluding diaryl/α,β-unsaturated/α-hetero) is 1. The van der Waals surface area contributed by atoms with Gasteiger partial charge in [-0.15, -0.1) is 0 Å². The molecule has 2 fully saturated rings. The maximum absolute atomic E-state index is 11.9. The molecule has 0 bridgehead atoms. The molecule has 0 aromatic rings. The molecule has 2 heterocycles. The molecule has 2 rings (SSSR count). The van der Waals surface area contributed by atoms with Crippen molar-refractivity contribution in [2.75, 3.05) is 26.0 Å². The van der Waals surface area contributed by atoms with E-state index in [0.29, 0.717) is 25.9 Å². The summed E-state index contributed by atoms with van der Waals surface area (Å²) in [6, 6.07) is 0. The van der Waals surface area contributed by atoms with E-state index >= 15 is 0 Å². The topological polar surface area (TPSA) is 80.8 Å². The number of ketones is 1. The quantitative estimate of drug-likeness (QED) is 0.560. The van der Waals surface area contributed by atoms with Gasteiger partial charge in [0.15, 0.2) is 0 Å². The second kappa shape index (κ2) is 5.44. The first-order chi connectivity index (χ1) is 9.25. The molecule has 20 heavy (non-hydrogen) atoms. The van der Waals surface area contributed by atoms with E-state index in [-0.39, 0.29) is 18.3 Å². The third-order valence-corrected chi connectivity index (χ3v) is 5.68. The van der Waals surface area contributed by atoms with Gasteiger partial charge in [-0.2, -0.15) is 0 Å². The third kappa shape index (κ3) is 2.88. The Morgan fingerprint density at radius 2 is 2.20 bits per heavy atom. The van der Waals surface area contributed by atoms with E-state index in [4.69, 9.17) is 4.74 Å². The lowest BCUT2D eigenvalue weighted by Crippen LogP contribution is -2.43. The molecule has 0 N–H and O–H groups in total. The molecule has 2 aliphatic heterocycles. The van der Waals surface area contributed by atoms with Crippen LogP contribution in [0, 0.1) is 11.3 Å². The summed E-state index contributed by atoms with van der Waals surface area (Å²) in [5.41, 5.74) is -1.05. The van der Waals surface area contributed by atoms with E-state index in [9.17, 15) is 18.0 Å². The van der Waals surface area contributed by atoms with Gasteiger partial charge < -0.3 is 4.74 Å². The highest BCUT2D eigenvalue weighted by Gasteiger charge is 2.50. The summed E-state index contributed by atoms with van der Waals surface area (Å²) in [6.45, 7) is 2.61. The Bertz CT molecular complexity index is 515. The number of sulfonamides is 1. The van der Waals surface area contributed by atoms with Gasteiger partial charge in [-0.25, -0.2) is 12.7 Å². The van der Waals surface area contributed by atoms with Crippen LogP contribution in [0.5, 0.6) is 0 Å². The van der Waals surface area contributed by atoms with Crippen molar-refractivity contribution in [1.29, 1.82) is 0 Å². The maximum atomic E-state index is 11.9. The predicted molar refractivity (Wildman–Crippen MR) is 72.4 cm³/mol. The summed E-state index contributed by atoms with van der Waals surface area (Å²) in [6.07, 6.45) is 3.61. The van der Waals surface area contributed by atoms with Crippen molar-refractivity contribution in [3.8, 4) is 0 Å². The van der Waals surface area contributed by atoms with E-state index in [1.165, 1.54) is 17.5 Å². The van der Waals surface area contributed by atoms with Crippen molar-refractivity contribution in [2.24, 2.45) is 11.3 Å². The molecule has 0 aromatic heterocycles. The van der Waals surface area contributed by atoms with Crippen LogP contribution in [0.25, 0.3) is 0 Å². The number of esters is 1. The van der Waals surface area contributed by atoms with Gasteiger partial charge in [0.05, 0.1) is 12.9 Å². The van der Waals surface area contributed by atoms with Gasteiger partial charge in [-0.3, -0.25) is 9.59 Å². The molecule has 114 valence electrons. The Morgan fingerprint density at radius 3 is 2.70 bits per heavy atom. The zero-order valence-corrected chi connectivity index (χ0v) is 12.7. The molecule has 0 amide bonds. The lowest BCUT2D eigenvalue weighted by Gasteiger charge is -2.34. The van der Waals surface area contributed by atoms with Crippen LogP contribution in [0.15, 0.2) is 0 Å². The fourth-order valence-corrected chi connectivity index (χ4v) is 4.14. The lowest BCUT2D eigenvalue weighted by molar-refractivity contribution is -0.151.